The number of aromatic nitrogens is 1. The molecule has 154 valence electrons. The molecule has 0 radical (unpaired) electrons. The van der Waals surface area contributed by atoms with E-state index in [-0.39, 0.29) is 29.4 Å². The topological polar surface area (TPSA) is 83.6 Å². The van der Waals surface area contributed by atoms with Crippen molar-refractivity contribution in [1.29, 1.82) is 0 Å². The normalized spacial score (nSPS) is 15.5. The zero-order chi connectivity index (χ0) is 21.7. The van der Waals surface area contributed by atoms with Crippen LogP contribution in [-0.2, 0) is 6.54 Å². The van der Waals surface area contributed by atoms with Gasteiger partial charge in [0.05, 0.1) is 17.0 Å². The van der Waals surface area contributed by atoms with E-state index in [9.17, 15) is 14.7 Å². The van der Waals surface area contributed by atoms with Crippen molar-refractivity contribution in [2.75, 3.05) is 0 Å². The Balaban J connectivity index is 1.77. The number of phenolic OH excluding ortho intramolecular Hbond substituents is 1. The molecule has 0 saturated heterocycles. The van der Waals surface area contributed by atoms with E-state index in [0.717, 1.165) is 16.7 Å². The van der Waals surface area contributed by atoms with Crippen molar-refractivity contribution in [3.8, 4) is 5.75 Å². The zero-order valence-corrected chi connectivity index (χ0v) is 17.1. The SMILES string of the molecule is Cc1cc(C)c2c(=O)c3c(oc2c1)C(=O)N(Cc1cccnc1)C3c1cccc(O)c1. The molecule has 1 aliphatic rings. The van der Waals surface area contributed by atoms with Crippen LogP contribution in [0.4, 0.5) is 0 Å². The molecule has 0 spiro atoms. The number of rotatable bonds is 3. The van der Waals surface area contributed by atoms with Crippen LogP contribution in [0.25, 0.3) is 11.0 Å². The van der Waals surface area contributed by atoms with Crippen LogP contribution < -0.4 is 5.43 Å². The number of pyridine rings is 1. The van der Waals surface area contributed by atoms with Gasteiger partial charge in [-0.05, 0) is 60.4 Å². The highest BCUT2D eigenvalue weighted by Crippen LogP contribution is 2.40. The summed E-state index contributed by atoms with van der Waals surface area (Å²) in [4.78, 5) is 32.8. The predicted octanol–water partition coefficient (Wildman–Crippen LogP) is 4.26. The van der Waals surface area contributed by atoms with Crippen molar-refractivity contribution >= 4 is 16.9 Å². The van der Waals surface area contributed by atoms with E-state index in [1.165, 1.54) is 0 Å². The molecular formula is C25H20N2O4. The number of amides is 1. The highest BCUT2D eigenvalue weighted by Gasteiger charge is 2.43. The number of benzene rings is 2. The Morgan fingerprint density at radius 3 is 2.68 bits per heavy atom. The molecule has 0 fully saturated rings. The van der Waals surface area contributed by atoms with Gasteiger partial charge < -0.3 is 14.4 Å². The first-order chi connectivity index (χ1) is 14.9. The van der Waals surface area contributed by atoms with Crippen LogP contribution in [0.5, 0.6) is 5.75 Å². The number of fused-ring (bicyclic) bond motifs is 2. The van der Waals surface area contributed by atoms with E-state index in [1.54, 1.807) is 53.7 Å². The van der Waals surface area contributed by atoms with Crippen LogP contribution in [0.15, 0.2) is 70.1 Å². The molecule has 5 rings (SSSR count). The molecule has 0 saturated carbocycles. The monoisotopic (exact) mass is 412 g/mol. The number of aryl methyl sites for hydroxylation is 2. The van der Waals surface area contributed by atoms with Crippen LogP contribution in [0.3, 0.4) is 0 Å². The van der Waals surface area contributed by atoms with E-state index in [2.05, 4.69) is 4.98 Å². The first kappa shape index (κ1) is 19.1. The molecule has 6 nitrogen and oxygen atoms in total. The summed E-state index contributed by atoms with van der Waals surface area (Å²) in [5, 5.41) is 10.5. The molecule has 0 aliphatic carbocycles. The highest BCUT2D eigenvalue weighted by atomic mass is 16.3. The van der Waals surface area contributed by atoms with Gasteiger partial charge in [0, 0.05) is 18.9 Å². The second-order valence-electron chi connectivity index (χ2n) is 7.92. The van der Waals surface area contributed by atoms with Gasteiger partial charge in [0.2, 0.25) is 5.76 Å². The van der Waals surface area contributed by atoms with E-state index in [4.69, 9.17) is 4.42 Å². The summed E-state index contributed by atoms with van der Waals surface area (Å²) in [6.45, 7) is 4.04. The minimum absolute atomic E-state index is 0.0553. The molecule has 3 heterocycles. The van der Waals surface area contributed by atoms with Crippen molar-refractivity contribution in [2.45, 2.75) is 26.4 Å². The lowest BCUT2D eigenvalue weighted by atomic mass is 9.96. The van der Waals surface area contributed by atoms with Crippen LogP contribution in [-0.4, -0.2) is 20.9 Å². The van der Waals surface area contributed by atoms with E-state index in [1.807, 2.05) is 26.0 Å². The van der Waals surface area contributed by atoms with Crippen molar-refractivity contribution in [3.63, 3.8) is 0 Å². The maximum absolute atomic E-state index is 13.7. The van der Waals surface area contributed by atoms with Gasteiger partial charge in [0.25, 0.3) is 5.91 Å². The Hall–Kier alpha value is -3.93. The Morgan fingerprint density at radius 1 is 1.10 bits per heavy atom. The molecule has 1 N–H and O–H groups in total. The van der Waals surface area contributed by atoms with E-state index < -0.39 is 6.04 Å². The molecule has 2 aromatic carbocycles. The van der Waals surface area contributed by atoms with Crippen molar-refractivity contribution in [2.24, 2.45) is 0 Å². The Kier molecular flexibility index (Phi) is 4.36. The largest absolute Gasteiger partial charge is 0.508 e. The molecule has 4 aromatic rings. The van der Waals surface area contributed by atoms with Crippen LogP contribution in [0, 0.1) is 13.8 Å². The minimum Gasteiger partial charge on any atom is -0.508 e. The molecule has 1 unspecified atom stereocenters. The van der Waals surface area contributed by atoms with Crippen LogP contribution >= 0.6 is 0 Å². The number of hydrogen-bond donors (Lipinski definition) is 1. The van der Waals surface area contributed by atoms with Gasteiger partial charge in [0.15, 0.2) is 5.43 Å². The van der Waals surface area contributed by atoms with Gasteiger partial charge in [-0.15, -0.1) is 0 Å². The van der Waals surface area contributed by atoms with Gasteiger partial charge >= 0.3 is 0 Å². The molecule has 0 bridgehead atoms. The maximum Gasteiger partial charge on any atom is 0.291 e. The molecule has 1 aliphatic heterocycles. The summed E-state index contributed by atoms with van der Waals surface area (Å²) in [7, 11) is 0. The molecule has 2 aromatic heterocycles. The number of hydrogen-bond acceptors (Lipinski definition) is 5. The van der Waals surface area contributed by atoms with E-state index in [0.29, 0.717) is 22.1 Å². The fourth-order valence-electron chi connectivity index (χ4n) is 4.41. The number of carbonyl (C=O) groups is 1. The third-order valence-electron chi connectivity index (χ3n) is 5.67. The quantitative estimate of drug-likeness (QED) is 0.544. The van der Waals surface area contributed by atoms with Crippen LogP contribution in [0.1, 0.15) is 44.4 Å². The average Bonchev–Trinajstić information content (AvgIpc) is 3.00. The lowest BCUT2D eigenvalue weighted by molar-refractivity contribution is 0.0714. The summed E-state index contributed by atoms with van der Waals surface area (Å²) >= 11 is 0. The van der Waals surface area contributed by atoms with E-state index >= 15 is 0 Å². The van der Waals surface area contributed by atoms with Gasteiger partial charge in [-0.25, -0.2) is 0 Å². The zero-order valence-electron chi connectivity index (χ0n) is 17.1. The minimum atomic E-state index is -0.670. The fourth-order valence-corrected chi connectivity index (χ4v) is 4.41. The standard InChI is InChI=1S/C25H20N2O4/c1-14-9-15(2)20-19(10-14)31-24-21(23(20)29)22(17-6-3-7-18(28)11-17)27(25(24)30)13-16-5-4-8-26-12-16/h3-12,22,28H,13H2,1-2H3. The summed E-state index contributed by atoms with van der Waals surface area (Å²) in [5.41, 5.74) is 3.73. The van der Waals surface area contributed by atoms with Gasteiger partial charge in [0.1, 0.15) is 11.3 Å². The molecule has 31 heavy (non-hydrogen) atoms. The smallest absolute Gasteiger partial charge is 0.291 e. The fraction of sp³-hybridized carbons (Fsp3) is 0.160. The molecular weight excluding hydrogens is 392 g/mol. The summed E-state index contributed by atoms with van der Waals surface area (Å²) < 4.78 is 6.04. The average molecular weight is 412 g/mol. The first-order valence-electron chi connectivity index (χ1n) is 10.0. The summed E-state index contributed by atoms with van der Waals surface area (Å²) in [5.74, 6) is -0.234. The number of nitrogens with zero attached hydrogens (tertiary/aromatic N) is 2. The van der Waals surface area contributed by atoms with Crippen molar-refractivity contribution in [1.82, 2.24) is 9.88 Å². The number of carbonyl (C=O) groups excluding carboxylic acids is 1. The van der Waals surface area contributed by atoms with Crippen molar-refractivity contribution < 1.29 is 14.3 Å². The third kappa shape index (κ3) is 3.08. The third-order valence-corrected chi connectivity index (χ3v) is 5.67. The summed E-state index contributed by atoms with van der Waals surface area (Å²) in [6, 6.07) is 13.4. The second kappa shape index (κ2) is 7.09. The lowest BCUT2D eigenvalue weighted by Gasteiger charge is -2.25. The first-order valence-corrected chi connectivity index (χ1v) is 10.0. The van der Waals surface area contributed by atoms with Gasteiger partial charge in [-0.2, -0.15) is 0 Å². The Labute approximate surface area is 178 Å². The lowest BCUT2D eigenvalue weighted by Crippen LogP contribution is -2.29. The molecule has 1 amide bonds. The molecule has 1 atom stereocenters. The van der Waals surface area contributed by atoms with Crippen LogP contribution in [0.2, 0.25) is 0 Å². The highest BCUT2D eigenvalue weighted by molar-refractivity contribution is 5.99. The predicted molar refractivity (Wildman–Crippen MR) is 116 cm³/mol. The molecule has 6 heteroatoms. The maximum atomic E-state index is 13.7. The Bertz CT molecular complexity index is 1390. The summed E-state index contributed by atoms with van der Waals surface area (Å²) in [6.07, 6.45) is 3.36. The number of phenols is 1. The van der Waals surface area contributed by atoms with Gasteiger partial charge in [-0.3, -0.25) is 14.6 Å². The number of aromatic hydroxyl groups is 1. The van der Waals surface area contributed by atoms with Crippen molar-refractivity contribution in [3.05, 3.63) is 105 Å². The Morgan fingerprint density at radius 2 is 1.94 bits per heavy atom. The second-order valence-corrected chi connectivity index (χ2v) is 7.92. The van der Waals surface area contributed by atoms with Gasteiger partial charge in [-0.1, -0.05) is 24.3 Å².